The molecule has 1 aromatic carbocycles. The number of benzene rings is 1. The quantitative estimate of drug-likeness (QED) is 0.705. The van der Waals surface area contributed by atoms with Gasteiger partial charge in [-0.15, -0.1) is 11.3 Å². The first-order valence-electron chi connectivity index (χ1n) is 7.66. The lowest BCUT2D eigenvalue weighted by Gasteiger charge is -2.05. The van der Waals surface area contributed by atoms with Crippen LogP contribution in [0, 0.1) is 20.8 Å². The predicted octanol–water partition coefficient (Wildman–Crippen LogP) is 3.40. The van der Waals surface area contributed by atoms with Crippen molar-refractivity contribution in [3.8, 4) is 10.6 Å². The van der Waals surface area contributed by atoms with E-state index in [-0.39, 0.29) is 0 Å². The molecule has 0 bridgehead atoms. The second-order valence-electron chi connectivity index (χ2n) is 5.53. The zero-order chi connectivity index (χ0) is 18.0. The monoisotopic (exact) mass is 355 g/mol. The highest BCUT2D eigenvalue weighted by atomic mass is 32.1. The van der Waals surface area contributed by atoms with Crippen LogP contribution < -0.4 is 10.9 Å². The van der Waals surface area contributed by atoms with Gasteiger partial charge in [-0.2, -0.15) is 0 Å². The average molecular weight is 355 g/mol. The molecular weight excluding hydrogens is 338 g/mol. The summed E-state index contributed by atoms with van der Waals surface area (Å²) in [6, 6.07) is 11.3. The van der Waals surface area contributed by atoms with E-state index < -0.39 is 11.8 Å². The molecule has 0 spiro atoms. The standard InChI is InChI=1S/C18H17N3O3S/c1-10-9-14(12(3)24-10)16(22)20-21-17(23)15-11(2)19-18(25-15)13-7-5-4-6-8-13/h4-9H,1-3H3,(H,20,22)(H,21,23). The molecule has 7 heteroatoms. The summed E-state index contributed by atoms with van der Waals surface area (Å²) in [5.41, 5.74) is 6.79. The maximum atomic E-state index is 12.4. The maximum Gasteiger partial charge on any atom is 0.281 e. The Labute approximate surface area is 148 Å². The first kappa shape index (κ1) is 16.9. The fourth-order valence-corrected chi connectivity index (χ4v) is 3.37. The first-order valence-corrected chi connectivity index (χ1v) is 8.48. The van der Waals surface area contributed by atoms with Gasteiger partial charge in [0.25, 0.3) is 11.8 Å². The molecule has 0 saturated heterocycles. The van der Waals surface area contributed by atoms with Gasteiger partial charge in [0.2, 0.25) is 0 Å². The van der Waals surface area contributed by atoms with E-state index in [1.165, 1.54) is 11.3 Å². The fourth-order valence-electron chi connectivity index (χ4n) is 2.41. The van der Waals surface area contributed by atoms with E-state index in [1.807, 2.05) is 30.3 Å². The van der Waals surface area contributed by atoms with Gasteiger partial charge < -0.3 is 4.42 Å². The molecule has 0 aliphatic carbocycles. The van der Waals surface area contributed by atoms with Crippen molar-refractivity contribution in [3.05, 3.63) is 64.1 Å². The van der Waals surface area contributed by atoms with E-state index in [0.29, 0.717) is 27.7 Å². The van der Waals surface area contributed by atoms with Crippen LogP contribution in [0.2, 0.25) is 0 Å². The summed E-state index contributed by atoms with van der Waals surface area (Å²) in [5.74, 6) is 0.320. The summed E-state index contributed by atoms with van der Waals surface area (Å²) >= 11 is 1.28. The van der Waals surface area contributed by atoms with Crippen molar-refractivity contribution < 1.29 is 14.0 Å². The van der Waals surface area contributed by atoms with Gasteiger partial charge in [0.1, 0.15) is 21.4 Å². The zero-order valence-corrected chi connectivity index (χ0v) is 14.9. The van der Waals surface area contributed by atoms with Crippen molar-refractivity contribution in [2.45, 2.75) is 20.8 Å². The molecule has 2 N–H and O–H groups in total. The minimum atomic E-state index is -0.423. The molecule has 128 valence electrons. The molecule has 6 nitrogen and oxygen atoms in total. The third-order valence-corrected chi connectivity index (χ3v) is 4.80. The third kappa shape index (κ3) is 3.61. The van der Waals surface area contributed by atoms with Crippen molar-refractivity contribution in [2.75, 3.05) is 0 Å². The molecule has 0 unspecified atom stereocenters. The van der Waals surface area contributed by atoms with Crippen molar-refractivity contribution in [3.63, 3.8) is 0 Å². The second kappa shape index (κ2) is 6.90. The minimum absolute atomic E-state index is 0.392. The summed E-state index contributed by atoms with van der Waals surface area (Å²) < 4.78 is 5.32. The Morgan fingerprint density at radius 1 is 1.04 bits per heavy atom. The zero-order valence-electron chi connectivity index (χ0n) is 14.0. The number of amides is 2. The van der Waals surface area contributed by atoms with Crippen LogP contribution in [-0.2, 0) is 0 Å². The number of hydrogen-bond donors (Lipinski definition) is 2. The number of aromatic nitrogens is 1. The highest BCUT2D eigenvalue weighted by Crippen LogP contribution is 2.27. The van der Waals surface area contributed by atoms with E-state index in [4.69, 9.17) is 4.42 Å². The van der Waals surface area contributed by atoms with Crippen molar-refractivity contribution in [2.24, 2.45) is 0 Å². The van der Waals surface area contributed by atoms with Crippen molar-refractivity contribution in [1.29, 1.82) is 0 Å². The number of carbonyl (C=O) groups is 2. The summed E-state index contributed by atoms with van der Waals surface area (Å²) in [5, 5.41) is 0.760. The van der Waals surface area contributed by atoms with Gasteiger partial charge in [-0.3, -0.25) is 20.4 Å². The number of hydrazine groups is 1. The molecule has 0 aliphatic rings. The van der Waals surface area contributed by atoms with Crippen LogP contribution in [-0.4, -0.2) is 16.8 Å². The Morgan fingerprint density at radius 2 is 1.72 bits per heavy atom. The number of nitrogens with one attached hydrogen (secondary N) is 2. The molecule has 3 rings (SSSR count). The number of rotatable bonds is 3. The second-order valence-corrected chi connectivity index (χ2v) is 6.53. The van der Waals surface area contributed by atoms with E-state index in [9.17, 15) is 9.59 Å². The minimum Gasteiger partial charge on any atom is -0.466 e. The van der Waals surface area contributed by atoms with Crippen LogP contribution in [0.15, 0.2) is 40.8 Å². The van der Waals surface area contributed by atoms with Gasteiger partial charge in [-0.05, 0) is 26.8 Å². The molecule has 0 fully saturated rings. The average Bonchev–Trinajstić information content (AvgIpc) is 3.15. The lowest BCUT2D eigenvalue weighted by atomic mass is 10.2. The lowest BCUT2D eigenvalue weighted by molar-refractivity contribution is 0.0847. The summed E-state index contributed by atoms with van der Waals surface area (Å²) in [6.45, 7) is 5.22. The summed E-state index contributed by atoms with van der Waals surface area (Å²) in [6.07, 6.45) is 0. The van der Waals surface area contributed by atoms with Gasteiger partial charge in [0, 0.05) is 5.56 Å². The number of hydrogen-bond acceptors (Lipinski definition) is 5. The van der Waals surface area contributed by atoms with E-state index in [0.717, 1.165) is 10.6 Å². The van der Waals surface area contributed by atoms with Gasteiger partial charge >= 0.3 is 0 Å². The van der Waals surface area contributed by atoms with Crippen molar-refractivity contribution in [1.82, 2.24) is 15.8 Å². The molecule has 0 saturated carbocycles. The molecule has 3 aromatic rings. The van der Waals surface area contributed by atoms with E-state index in [1.54, 1.807) is 26.8 Å². The molecule has 25 heavy (non-hydrogen) atoms. The van der Waals surface area contributed by atoms with Gasteiger partial charge in [0.15, 0.2) is 0 Å². The number of furan rings is 1. The SMILES string of the molecule is Cc1cc(C(=O)NNC(=O)c2sc(-c3ccccc3)nc2C)c(C)o1. The van der Waals surface area contributed by atoms with Crippen LogP contribution in [0.25, 0.3) is 10.6 Å². The van der Waals surface area contributed by atoms with Gasteiger partial charge in [-0.25, -0.2) is 4.98 Å². The van der Waals surface area contributed by atoms with Crippen LogP contribution in [0.5, 0.6) is 0 Å². The predicted molar refractivity (Wildman–Crippen MR) is 95.4 cm³/mol. The topological polar surface area (TPSA) is 84.2 Å². The third-order valence-electron chi connectivity index (χ3n) is 3.60. The Bertz CT molecular complexity index is 928. The largest absolute Gasteiger partial charge is 0.466 e. The number of thiazole rings is 1. The fraction of sp³-hybridized carbons (Fsp3) is 0.167. The molecule has 0 aliphatic heterocycles. The van der Waals surface area contributed by atoms with Gasteiger partial charge in [-0.1, -0.05) is 30.3 Å². The highest BCUT2D eigenvalue weighted by Gasteiger charge is 2.18. The Hall–Kier alpha value is -2.93. The normalized spacial score (nSPS) is 10.5. The Morgan fingerprint density at radius 3 is 2.36 bits per heavy atom. The first-order chi connectivity index (χ1) is 12.0. The van der Waals surface area contributed by atoms with Gasteiger partial charge in [0.05, 0.1) is 11.3 Å². The molecule has 2 heterocycles. The van der Waals surface area contributed by atoms with Crippen molar-refractivity contribution >= 4 is 23.2 Å². The summed E-state index contributed by atoms with van der Waals surface area (Å²) in [4.78, 5) is 29.4. The van der Waals surface area contributed by atoms with E-state index >= 15 is 0 Å². The number of carbonyl (C=O) groups excluding carboxylic acids is 2. The van der Waals surface area contributed by atoms with Crippen LogP contribution in [0.3, 0.4) is 0 Å². The van der Waals surface area contributed by atoms with Crippen LogP contribution in [0.1, 0.15) is 37.2 Å². The number of nitrogens with zero attached hydrogens (tertiary/aromatic N) is 1. The molecule has 2 amide bonds. The Balaban J connectivity index is 1.71. The molecular formula is C18H17N3O3S. The number of aryl methyl sites for hydroxylation is 3. The summed E-state index contributed by atoms with van der Waals surface area (Å²) in [7, 11) is 0. The molecule has 0 radical (unpaired) electrons. The van der Waals surface area contributed by atoms with Crippen LogP contribution in [0.4, 0.5) is 0 Å². The van der Waals surface area contributed by atoms with E-state index in [2.05, 4.69) is 15.8 Å². The molecule has 2 aromatic heterocycles. The lowest BCUT2D eigenvalue weighted by Crippen LogP contribution is -2.41. The Kier molecular flexibility index (Phi) is 4.67. The van der Waals surface area contributed by atoms with Crippen LogP contribution >= 0.6 is 11.3 Å². The smallest absolute Gasteiger partial charge is 0.281 e. The highest BCUT2D eigenvalue weighted by molar-refractivity contribution is 7.17. The molecule has 0 atom stereocenters. The maximum absolute atomic E-state index is 12.4.